The molecule has 0 fully saturated rings. The first-order valence-corrected chi connectivity index (χ1v) is 13.1. The lowest BCUT2D eigenvalue weighted by Crippen LogP contribution is -2.34. The molecule has 0 spiro atoms. The molecule has 3 heterocycles. The SMILES string of the molecule is C=C1/C=C(C)\C(Sc2nc3c(N)ncnc3n2CCCS(=O)(=O)NC(C)CC)=C/COCO1. The fourth-order valence-electron chi connectivity index (χ4n) is 3.11. The zero-order valence-electron chi connectivity index (χ0n) is 19.1. The first-order valence-electron chi connectivity index (χ1n) is 10.6. The molecule has 0 aliphatic carbocycles. The maximum Gasteiger partial charge on any atom is 0.211 e. The molecule has 2 aromatic rings. The molecule has 0 amide bonds. The van der Waals surface area contributed by atoms with Gasteiger partial charge in [-0.15, -0.1) is 0 Å². The highest BCUT2D eigenvalue weighted by Crippen LogP contribution is 2.34. The van der Waals surface area contributed by atoms with Gasteiger partial charge >= 0.3 is 0 Å². The standard InChI is InChI=1S/C21H30N6O4S2/c1-5-15(3)26-33(28,29)10-6-8-27-20-18(19(22)23-12-24-20)25-21(27)32-17-7-9-30-13-31-16(4)11-14(17)2/h7,11-12,15,26H,4-6,8-10,13H2,1-3H3,(H2,22,23,24)/b14-11-,17-7+. The van der Waals surface area contributed by atoms with E-state index in [0.29, 0.717) is 41.7 Å². The molecule has 0 aromatic carbocycles. The first kappa shape index (κ1) is 25.2. The van der Waals surface area contributed by atoms with Gasteiger partial charge in [0.2, 0.25) is 10.0 Å². The van der Waals surface area contributed by atoms with Crippen molar-refractivity contribution >= 4 is 38.8 Å². The van der Waals surface area contributed by atoms with E-state index in [2.05, 4.69) is 26.3 Å². The Bertz CT molecular complexity index is 1170. The van der Waals surface area contributed by atoms with Crippen molar-refractivity contribution in [3.63, 3.8) is 0 Å². The van der Waals surface area contributed by atoms with Gasteiger partial charge in [-0.05, 0) is 44.4 Å². The van der Waals surface area contributed by atoms with Crippen molar-refractivity contribution in [2.75, 3.05) is 24.9 Å². The summed E-state index contributed by atoms with van der Waals surface area (Å²) in [5.74, 6) is 0.768. The van der Waals surface area contributed by atoms with E-state index >= 15 is 0 Å². The van der Waals surface area contributed by atoms with E-state index in [1.165, 1.54) is 18.1 Å². The Hall–Kier alpha value is -2.41. The number of hydrogen-bond acceptors (Lipinski definition) is 9. The normalized spacial score (nSPS) is 19.5. The Balaban J connectivity index is 1.88. The Morgan fingerprint density at radius 1 is 1.39 bits per heavy atom. The van der Waals surface area contributed by atoms with Crippen LogP contribution in [0.25, 0.3) is 11.2 Å². The number of nitrogens with zero attached hydrogens (tertiary/aromatic N) is 4. The maximum absolute atomic E-state index is 12.4. The third-order valence-electron chi connectivity index (χ3n) is 4.99. The molecule has 1 atom stereocenters. The number of ether oxygens (including phenoxy) is 2. The van der Waals surface area contributed by atoms with Gasteiger partial charge in [0.25, 0.3) is 0 Å². The summed E-state index contributed by atoms with van der Waals surface area (Å²) in [6.45, 7) is 10.5. The predicted octanol–water partition coefficient (Wildman–Crippen LogP) is 2.96. The highest BCUT2D eigenvalue weighted by molar-refractivity contribution is 8.03. The van der Waals surface area contributed by atoms with Crippen molar-refractivity contribution in [2.24, 2.45) is 0 Å². The number of aromatic nitrogens is 4. The molecule has 33 heavy (non-hydrogen) atoms. The van der Waals surface area contributed by atoms with E-state index in [-0.39, 0.29) is 24.4 Å². The van der Waals surface area contributed by atoms with Gasteiger partial charge in [0, 0.05) is 17.5 Å². The van der Waals surface area contributed by atoms with Crippen LogP contribution >= 0.6 is 11.8 Å². The molecule has 3 rings (SSSR count). The maximum atomic E-state index is 12.4. The molecule has 180 valence electrons. The van der Waals surface area contributed by atoms with E-state index < -0.39 is 10.0 Å². The molecule has 10 nitrogen and oxygen atoms in total. The topological polar surface area (TPSA) is 134 Å². The van der Waals surface area contributed by atoms with Crippen molar-refractivity contribution in [1.29, 1.82) is 0 Å². The van der Waals surface area contributed by atoms with Crippen molar-refractivity contribution < 1.29 is 17.9 Å². The summed E-state index contributed by atoms with van der Waals surface area (Å²) in [5, 5.41) is 0.634. The Kier molecular flexibility index (Phi) is 8.51. The lowest BCUT2D eigenvalue weighted by atomic mass is 10.2. The van der Waals surface area contributed by atoms with Gasteiger partial charge < -0.3 is 19.8 Å². The van der Waals surface area contributed by atoms with Gasteiger partial charge in [0.15, 0.2) is 28.9 Å². The number of rotatable bonds is 9. The average molecular weight is 495 g/mol. The van der Waals surface area contributed by atoms with Crippen LogP contribution in [-0.2, 0) is 26.0 Å². The molecule has 12 heteroatoms. The number of aryl methyl sites for hydroxylation is 1. The third-order valence-corrected chi connectivity index (χ3v) is 7.79. The number of thioether (sulfide) groups is 1. The first-order chi connectivity index (χ1) is 15.7. The number of nitrogens with two attached hydrogens (primary N) is 1. The minimum absolute atomic E-state index is 0.00564. The second-order valence-electron chi connectivity index (χ2n) is 7.67. The summed E-state index contributed by atoms with van der Waals surface area (Å²) in [6.07, 6.45) is 6.27. The van der Waals surface area contributed by atoms with Crippen molar-refractivity contribution in [3.8, 4) is 0 Å². The lowest BCUT2D eigenvalue weighted by Gasteiger charge is -2.13. The molecule has 1 aliphatic rings. The largest absolute Gasteiger partial charge is 0.468 e. The van der Waals surface area contributed by atoms with E-state index in [1.807, 2.05) is 37.5 Å². The van der Waals surface area contributed by atoms with Crippen LogP contribution in [0.15, 0.2) is 46.5 Å². The molecule has 2 aromatic heterocycles. The molecule has 1 unspecified atom stereocenters. The minimum atomic E-state index is -3.38. The molecular formula is C21H30N6O4S2. The van der Waals surface area contributed by atoms with Crippen molar-refractivity contribution in [2.45, 2.75) is 51.4 Å². The molecule has 0 saturated heterocycles. The van der Waals surface area contributed by atoms with E-state index in [4.69, 9.17) is 15.2 Å². The fourth-order valence-corrected chi connectivity index (χ4v) is 5.51. The van der Waals surface area contributed by atoms with E-state index in [9.17, 15) is 8.42 Å². The van der Waals surface area contributed by atoms with Crippen LogP contribution in [0, 0.1) is 0 Å². The molecule has 0 saturated carbocycles. The number of imidazole rings is 1. The molecule has 0 bridgehead atoms. The Labute approximate surface area is 198 Å². The second kappa shape index (κ2) is 11.1. The van der Waals surface area contributed by atoms with Crippen molar-refractivity contribution in [1.82, 2.24) is 24.2 Å². The van der Waals surface area contributed by atoms with Crippen LogP contribution in [-0.4, -0.2) is 53.1 Å². The van der Waals surface area contributed by atoms with Gasteiger partial charge in [-0.2, -0.15) is 0 Å². The summed E-state index contributed by atoms with van der Waals surface area (Å²) in [4.78, 5) is 14.0. The number of allylic oxidation sites excluding steroid dienone is 2. The highest BCUT2D eigenvalue weighted by Gasteiger charge is 2.19. The number of fused-ring (bicyclic) bond motifs is 1. The van der Waals surface area contributed by atoms with Gasteiger partial charge in [0.05, 0.1) is 12.4 Å². The monoisotopic (exact) mass is 494 g/mol. The zero-order valence-corrected chi connectivity index (χ0v) is 20.7. The smallest absolute Gasteiger partial charge is 0.211 e. The summed E-state index contributed by atoms with van der Waals surface area (Å²) in [7, 11) is -3.38. The van der Waals surface area contributed by atoms with Crippen LogP contribution in [0.1, 0.15) is 33.6 Å². The lowest BCUT2D eigenvalue weighted by molar-refractivity contribution is -0.00602. The zero-order chi connectivity index (χ0) is 24.0. The number of sulfonamides is 1. The van der Waals surface area contributed by atoms with Crippen LogP contribution in [0.5, 0.6) is 0 Å². The summed E-state index contributed by atoms with van der Waals surface area (Å²) < 4.78 is 40.2. The van der Waals surface area contributed by atoms with Gasteiger partial charge in [-0.3, -0.25) is 0 Å². The minimum Gasteiger partial charge on any atom is -0.468 e. The second-order valence-corrected chi connectivity index (χ2v) is 10.6. The fraction of sp³-hybridized carbons (Fsp3) is 0.476. The number of hydrogen-bond donors (Lipinski definition) is 2. The van der Waals surface area contributed by atoms with Crippen LogP contribution in [0.3, 0.4) is 0 Å². The molecule has 1 aliphatic heterocycles. The molecule has 3 N–H and O–H groups in total. The number of anilines is 1. The van der Waals surface area contributed by atoms with E-state index in [0.717, 1.165) is 16.9 Å². The number of nitrogens with one attached hydrogen (secondary N) is 1. The van der Waals surface area contributed by atoms with Gasteiger partial charge in [-0.25, -0.2) is 28.1 Å². The van der Waals surface area contributed by atoms with Crippen LogP contribution in [0.2, 0.25) is 0 Å². The molecule has 0 radical (unpaired) electrons. The van der Waals surface area contributed by atoms with Gasteiger partial charge in [-0.1, -0.05) is 25.3 Å². The van der Waals surface area contributed by atoms with Gasteiger partial charge in [0.1, 0.15) is 12.1 Å². The van der Waals surface area contributed by atoms with Crippen LogP contribution in [0.4, 0.5) is 5.82 Å². The summed E-state index contributed by atoms with van der Waals surface area (Å²) in [5.41, 5.74) is 8.02. The summed E-state index contributed by atoms with van der Waals surface area (Å²) in [6, 6.07) is -0.103. The van der Waals surface area contributed by atoms with Crippen molar-refractivity contribution in [3.05, 3.63) is 41.3 Å². The number of nitrogen functional groups attached to an aromatic ring is 1. The van der Waals surface area contributed by atoms with Crippen LogP contribution < -0.4 is 10.5 Å². The molecular weight excluding hydrogens is 464 g/mol. The van der Waals surface area contributed by atoms with E-state index in [1.54, 1.807) is 0 Å². The summed E-state index contributed by atoms with van der Waals surface area (Å²) >= 11 is 1.42. The Morgan fingerprint density at radius 3 is 2.94 bits per heavy atom. The quantitative estimate of drug-likeness (QED) is 0.539. The highest BCUT2D eigenvalue weighted by atomic mass is 32.2. The Morgan fingerprint density at radius 2 is 2.18 bits per heavy atom. The predicted molar refractivity (Wildman–Crippen MR) is 130 cm³/mol. The average Bonchev–Trinajstić information content (AvgIpc) is 3.13. The third kappa shape index (κ3) is 6.79.